The molecule has 0 saturated carbocycles. The third kappa shape index (κ3) is 5.97. The maximum absolute atomic E-state index is 12.4. The molecule has 1 aromatic carbocycles. The highest BCUT2D eigenvalue weighted by Gasteiger charge is 2.21. The second kappa shape index (κ2) is 9.96. The van der Waals surface area contributed by atoms with Gasteiger partial charge in [-0.25, -0.2) is 12.7 Å². The predicted molar refractivity (Wildman–Crippen MR) is 114 cm³/mol. The van der Waals surface area contributed by atoms with Crippen molar-refractivity contribution >= 4 is 45.1 Å². The van der Waals surface area contributed by atoms with Gasteiger partial charge in [0.2, 0.25) is 21.8 Å². The van der Waals surface area contributed by atoms with E-state index in [2.05, 4.69) is 15.8 Å². The SMILES string of the molecule is COc1ccc(S(=O)(=O)N(C)C)cc1NC(=O)CSC(C)C(=O)Nc1cc(C)on1. The first-order valence-corrected chi connectivity index (χ1v) is 11.3. The van der Waals surface area contributed by atoms with E-state index >= 15 is 0 Å². The van der Waals surface area contributed by atoms with Crippen molar-refractivity contribution in [2.45, 2.75) is 24.0 Å². The lowest BCUT2D eigenvalue weighted by Crippen LogP contribution is -2.25. The standard InChI is InChI=1S/C18H24N4O6S2/c1-11-8-16(21-28-11)20-18(24)12(2)29-10-17(23)19-14-9-13(6-7-15(14)27-5)30(25,26)22(3)4/h6-9,12H,10H2,1-5H3,(H,19,23)(H,20,21,24). The molecule has 0 aliphatic rings. The number of ether oxygens (including phenoxy) is 1. The molecule has 0 radical (unpaired) electrons. The summed E-state index contributed by atoms with van der Waals surface area (Å²) in [5, 5.41) is 8.39. The average Bonchev–Trinajstić information content (AvgIpc) is 3.10. The molecule has 1 heterocycles. The van der Waals surface area contributed by atoms with Crippen LogP contribution in [0, 0.1) is 6.92 Å². The molecule has 2 amide bonds. The highest BCUT2D eigenvalue weighted by atomic mass is 32.2. The summed E-state index contributed by atoms with van der Waals surface area (Å²) in [4.78, 5) is 24.6. The number of anilines is 2. The molecule has 0 spiro atoms. The molecule has 12 heteroatoms. The van der Waals surface area contributed by atoms with Crippen molar-refractivity contribution in [1.82, 2.24) is 9.46 Å². The lowest BCUT2D eigenvalue weighted by molar-refractivity contribution is -0.115. The van der Waals surface area contributed by atoms with Crippen molar-refractivity contribution in [3.8, 4) is 5.75 Å². The number of carbonyl (C=O) groups excluding carboxylic acids is 2. The molecular weight excluding hydrogens is 432 g/mol. The third-order valence-electron chi connectivity index (χ3n) is 3.94. The first kappa shape index (κ1) is 23.7. The first-order chi connectivity index (χ1) is 14.0. The van der Waals surface area contributed by atoms with Crippen LogP contribution >= 0.6 is 11.8 Å². The molecule has 1 aromatic heterocycles. The molecule has 2 rings (SSSR count). The minimum atomic E-state index is -3.67. The van der Waals surface area contributed by atoms with Crippen LogP contribution < -0.4 is 15.4 Å². The fourth-order valence-electron chi connectivity index (χ4n) is 2.27. The molecule has 0 saturated heterocycles. The van der Waals surface area contributed by atoms with Gasteiger partial charge in [0, 0.05) is 20.2 Å². The maximum atomic E-state index is 12.4. The quantitative estimate of drug-likeness (QED) is 0.585. The van der Waals surface area contributed by atoms with E-state index in [0.29, 0.717) is 17.3 Å². The van der Waals surface area contributed by atoms with Gasteiger partial charge in [0.25, 0.3) is 0 Å². The molecule has 30 heavy (non-hydrogen) atoms. The summed E-state index contributed by atoms with van der Waals surface area (Å²) in [6.07, 6.45) is 0. The normalized spacial score (nSPS) is 12.5. The van der Waals surface area contributed by atoms with E-state index in [1.54, 1.807) is 19.9 Å². The smallest absolute Gasteiger partial charge is 0.242 e. The van der Waals surface area contributed by atoms with Crippen LogP contribution in [0.2, 0.25) is 0 Å². The van der Waals surface area contributed by atoms with Crippen LogP contribution in [0.15, 0.2) is 33.7 Å². The fraction of sp³-hybridized carbons (Fsp3) is 0.389. The average molecular weight is 457 g/mol. The Bertz CT molecular complexity index is 1020. The second-order valence-electron chi connectivity index (χ2n) is 6.46. The van der Waals surface area contributed by atoms with E-state index in [0.717, 1.165) is 16.1 Å². The maximum Gasteiger partial charge on any atom is 0.242 e. The van der Waals surface area contributed by atoms with Crippen molar-refractivity contribution in [2.24, 2.45) is 0 Å². The summed E-state index contributed by atoms with van der Waals surface area (Å²) in [6, 6.07) is 5.79. The molecule has 2 N–H and O–H groups in total. The second-order valence-corrected chi connectivity index (χ2v) is 9.94. The number of thioether (sulfide) groups is 1. The Morgan fingerprint density at radius 1 is 1.27 bits per heavy atom. The molecule has 0 bridgehead atoms. The Balaban J connectivity index is 2.00. The van der Waals surface area contributed by atoms with Crippen LogP contribution in [0.25, 0.3) is 0 Å². The minimum absolute atomic E-state index is 0.0203. The molecule has 164 valence electrons. The highest BCUT2D eigenvalue weighted by Crippen LogP contribution is 2.28. The summed E-state index contributed by atoms with van der Waals surface area (Å²) in [5.41, 5.74) is 0.223. The summed E-state index contributed by atoms with van der Waals surface area (Å²) in [6.45, 7) is 3.36. The van der Waals surface area contributed by atoms with E-state index < -0.39 is 21.2 Å². The lowest BCUT2D eigenvalue weighted by atomic mass is 10.3. The van der Waals surface area contributed by atoms with E-state index in [1.807, 2.05) is 0 Å². The van der Waals surface area contributed by atoms with E-state index in [4.69, 9.17) is 9.26 Å². The van der Waals surface area contributed by atoms with Crippen LogP contribution in [-0.4, -0.2) is 61.9 Å². The number of nitrogens with zero attached hydrogens (tertiary/aromatic N) is 2. The molecule has 1 unspecified atom stereocenters. The molecule has 0 aliphatic carbocycles. The number of amides is 2. The Labute approximate surface area is 179 Å². The Morgan fingerprint density at radius 2 is 1.97 bits per heavy atom. The minimum Gasteiger partial charge on any atom is -0.495 e. The highest BCUT2D eigenvalue weighted by molar-refractivity contribution is 8.01. The Kier molecular flexibility index (Phi) is 7.87. The van der Waals surface area contributed by atoms with Crippen LogP contribution in [0.1, 0.15) is 12.7 Å². The molecular formula is C18H24N4O6S2. The number of sulfonamides is 1. The molecule has 1 atom stereocenters. The number of carbonyl (C=O) groups is 2. The van der Waals surface area contributed by atoms with Gasteiger partial charge >= 0.3 is 0 Å². The van der Waals surface area contributed by atoms with Gasteiger partial charge in [-0.1, -0.05) is 5.16 Å². The van der Waals surface area contributed by atoms with Crippen molar-refractivity contribution in [3.05, 3.63) is 30.0 Å². The zero-order valence-corrected chi connectivity index (χ0v) is 18.9. The van der Waals surface area contributed by atoms with Crippen LogP contribution in [0.3, 0.4) is 0 Å². The number of methoxy groups -OCH3 is 1. The van der Waals surface area contributed by atoms with E-state index in [1.165, 1.54) is 39.4 Å². The number of rotatable bonds is 9. The predicted octanol–water partition coefficient (Wildman–Crippen LogP) is 1.94. The van der Waals surface area contributed by atoms with Gasteiger partial charge in [0.15, 0.2) is 5.82 Å². The number of aryl methyl sites for hydroxylation is 1. The number of nitrogens with one attached hydrogen (secondary N) is 2. The third-order valence-corrected chi connectivity index (χ3v) is 6.89. The number of aromatic nitrogens is 1. The molecule has 2 aromatic rings. The number of hydrogen-bond acceptors (Lipinski definition) is 8. The van der Waals surface area contributed by atoms with Crippen molar-refractivity contribution < 1.29 is 27.3 Å². The molecule has 0 aliphatic heterocycles. The van der Waals surface area contributed by atoms with Crippen LogP contribution in [0.4, 0.5) is 11.5 Å². The Hall–Kier alpha value is -2.57. The number of benzene rings is 1. The fourth-order valence-corrected chi connectivity index (χ4v) is 3.88. The van der Waals surface area contributed by atoms with Gasteiger partial charge in [-0.05, 0) is 32.0 Å². The topological polar surface area (TPSA) is 131 Å². The van der Waals surface area contributed by atoms with Crippen LogP contribution in [-0.2, 0) is 19.6 Å². The van der Waals surface area contributed by atoms with Gasteiger partial charge in [0.05, 0.1) is 28.7 Å². The summed E-state index contributed by atoms with van der Waals surface area (Å²) in [7, 11) is 0.580. The van der Waals surface area contributed by atoms with E-state index in [-0.39, 0.29) is 22.2 Å². The van der Waals surface area contributed by atoms with Gasteiger partial charge in [-0.2, -0.15) is 0 Å². The lowest BCUT2D eigenvalue weighted by Gasteiger charge is -2.15. The zero-order chi connectivity index (χ0) is 22.5. The molecule has 0 fully saturated rings. The van der Waals surface area contributed by atoms with Crippen molar-refractivity contribution in [3.63, 3.8) is 0 Å². The number of hydrogen-bond donors (Lipinski definition) is 2. The van der Waals surface area contributed by atoms with Crippen molar-refractivity contribution in [2.75, 3.05) is 37.6 Å². The van der Waals surface area contributed by atoms with Gasteiger partial charge in [0.1, 0.15) is 11.5 Å². The van der Waals surface area contributed by atoms with Gasteiger partial charge < -0.3 is 19.9 Å². The molecule has 10 nitrogen and oxygen atoms in total. The summed E-state index contributed by atoms with van der Waals surface area (Å²) < 4.78 is 35.8. The summed E-state index contributed by atoms with van der Waals surface area (Å²) >= 11 is 1.12. The largest absolute Gasteiger partial charge is 0.495 e. The van der Waals surface area contributed by atoms with Crippen molar-refractivity contribution in [1.29, 1.82) is 0 Å². The van der Waals surface area contributed by atoms with Gasteiger partial charge in [-0.15, -0.1) is 11.8 Å². The van der Waals surface area contributed by atoms with E-state index in [9.17, 15) is 18.0 Å². The van der Waals surface area contributed by atoms with Gasteiger partial charge in [-0.3, -0.25) is 9.59 Å². The Morgan fingerprint density at radius 3 is 2.53 bits per heavy atom. The first-order valence-electron chi connectivity index (χ1n) is 8.80. The monoisotopic (exact) mass is 456 g/mol. The summed E-state index contributed by atoms with van der Waals surface area (Å²) in [5.74, 6) is 0.432. The van der Waals surface area contributed by atoms with Crippen LogP contribution in [0.5, 0.6) is 5.75 Å². The zero-order valence-electron chi connectivity index (χ0n) is 17.3.